The maximum absolute atomic E-state index is 13.9. The van der Waals surface area contributed by atoms with Crippen molar-refractivity contribution in [2.45, 2.75) is 24.8 Å². The average Bonchev–Trinajstić information content (AvgIpc) is 3.30. The zero-order valence-electron chi connectivity index (χ0n) is 14.0. The summed E-state index contributed by atoms with van der Waals surface area (Å²) in [5.41, 5.74) is 1.60. The number of thiophene rings is 1. The summed E-state index contributed by atoms with van der Waals surface area (Å²) < 4.78 is 29.2. The Bertz CT molecular complexity index is 1050. The molecule has 1 aromatic carbocycles. The molecule has 0 spiro atoms. The van der Waals surface area contributed by atoms with Gasteiger partial charge in [0.25, 0.3) is 0 Å². The van der Waals surface area contributed by atoms with Crippen LogP contribution in [0.2, 0.25) is 0 Å². The fourth-order valence-electron chi connectivity index (χ4n) is 3.92. The maximum atomic E-state index is 13.9. The number of nitrogens with zero attached hydrogens (tertiary/aromatic N) is 3. The smallest absolute Gasteiger partial charge is 0.226 e. The molecule has 5 rings (SSSR count). The van der Waals surface area contributed by atoms with Gasteiger partial charge in [0.15, 0.2) is 5.78 Å². The summed E-state index contributed by atoms with van der Waals surface area (Å²) in [6.07, 6.45) is 2.37. The van der Waals surface area contributed by atoms with Crippen LogP contribution in [0.15, 0.2) is 53.3 Å². The van der Waals surface area contributed by atoms with Crippen LogP contribution >= 0.6 is 11.3 Å². The maximum Gasteiger partial charge on any atom is 0.226 e. The largest absolute Gasteiger partial charge is 0.328 e. The van der Waals surface area contributed by atoms with Gasteiger partial charge in [0.2, 0.25) is 5.95 Å². The van der Waals surface area contributed by atoms with Crippen LogP contribution in [0, 0.1) is 11.6 Å². The number of allylic oxidation sites excluding steroid dienone is 2. The third kappa shape index (κ3) is 2.68. The molecule has 1 N–H and O–H groups in total. The highest BCUT2D eigenvalue weighted by Gasteiger charge is 2.39. The van der Waals surface area contributed by atoms with Gasteiger partial charge in [-0.1, -0.05) is 6.07 Å². The summed E-state index contributed by atoms with van der Waals surface area (Å²) in [5.74, 6) is -0.872. The first kappa shape index (κ1) is 16.3. The average molecular weight is 384 g/mol. The van der Waals surface area contributed by atoms with E-state index < -0.39 is 17.7 Å². The van der Waals surface area contributed by atoms with E-state index in [1.165, 1.54) is 23.1 Å². The monoisotopic (exact) mass is 384 g/mol. The van der Waals surface area contributed by atoms with E-state index in [4.69, 9.17) is 0 Å². The lowest BCUT2D eigenvalue weighted by molar-refractivity contribution is -0.116. The van der Waals surface area contributed by atoms with Crippen molar-refractivity contribution in [2.24, 2.45) is 0 Å². The van der Waals surface area contributed by atoms with Gasteiger partial charge in [-0.05, 0) is 35.6 Å². The van der Waals surface area contributed by atoms with Crippen LogP contribution in [0.25, 0.3) is 0 Å². The molecule has 0 unspecified atom stereocenters. The number of carbonyl (C=O) groups is 1. The predicted octanol–water partition coefficient (Wildman–Crippen LogP) is 4.03. The zero-order valence-corrected chi connectivity index (χ0v) is 14.8. The Balaban J connectivity index is 1.64. The van der Waals surface area contributed by atoms with Gasteiger partial charge in [-0.15, -0.1) is 11.3 Å². The Labute approximate surface area is 157 Å². The Morgan fingerprint density at radius 2 is 2.00 bits per heavy atom. The minimum absolute atomic E-state index is 0.0435. The van der Waals surface area contributed by atoms with Gasteiger partial charge in [0.1, 0.15) is 24.0 Å². The number of halogens is 2. The lowest BCUT2D eigenvalue weighted by Crippen LogP contribution is -2.33. The molecule has 3 aromatic rings. The summed E-state index contributed by atoms with van der Waals surface area (Å²) in [6.45, 7) is 0. The second kappa shape index (κ2) is 6.09. The summed E-state index contributed by atoms with van der Waals surface area (Å²) in [4.78, 5) is 18.4. The van der Waals surface area contributed by atoms with E-state index in [0.717, 1.165) is 16.6 Å². The molecule has 2 aliphatic rings. The number of hydrogen-bond acceptors (Lipinski definition) is 5. The second-order valence-corrected chi connectivity index (χ2v) is 7.67. The molecule has 8 heteroatoms. The van der Waals surface area contributed by atoms with Gasteiger partial charge in [-0.25, -0.2) is 13.5 Å². The number of Topliss-reactive ketones (excluding diaryl/α,β-unsaturated/α-hetero) is 1. The summed E-state index contributed by atoms with van der Waals surface area (Å²) in [5, 5.41) is 9.37. The highest BCUT2D eigenvalue weighted by Crippen LogP contribution is 2.44. The summed E-state index contributed by atoms with van der Waals surface area (Å²) in [6, 6.07) is 6.61. The number of carbonyl (C=O) groups excluding carboxylic acids is 1. The molecule has 0 saturated carbocycles. The van der Waals surface area contributed by atoms with Crippen molar-refractivity contribution in [1.82, 2.24) is 14.8 Å². The number of aromatic nitrogens is 3. The van der Waals surface area contributed by atoms with Crippen LogP contribution in [0.5, 0.6) is 0 Å². The van der Waals surface area contributed by atoms with Crippen molar-refractivity contribution < 1.29 is 13.6 Å². The predicted molar refractivity (Wildman–Crippen MR) is 96.5 cm³/mol. The van der Waals surface area contributed by atoms with Gasteiger partial charge in [0, 0.05) is 34.6 Å². The third-order valence-corrected chi connectivity index (χ3v) is 6.04. The van der Waals surface area contributed by atoms with Crippen LogP contribution in [0.1, 0.15) is 35.2 Å². The van der Waals surface area contributed by atoms with Gasteiger partial charge in [0.05, 0.1) is 0 Å². The van der Waals surface area contributed by atoms with Gasteiger partial charge in [-0.2, -0.15) is 10.1 Å². The number of rotatable bonds is 2. The van der Waals surface area contributed by atoms with Crippen LogP contribution in [-0.2, 0) is 4.79 Å². The Morgan fingerprint density at radius 3 is 2.74 bits per heavy atom. The molecule has 0 bridgehead atoms. The zero-order chi connectivity index (χ0) is 18.5. The van der Waals surface area contributed by atoms with Crippen LogP contribution in [0.4, 0.5) is 14.7 Å². The van der Waals surface area contributed by atoms with E-state index in [2.05, 4.69) is 15.4 Å². The fourth-order valence-corrected chi connectivity index (χ4v) is 4.75. The summed E-state index contributed by atoms with van der Waals surface area (Å²) >= 11 is 1.62. The van der Waals surface area contributed by atoms with E-state index in [1.54, 1.807) is 11.3 Å². The number of benzene rings is 1. The van der Waals surface area contributed by atoms with E-state index in [1.807, 2.05) is 17.5 Å². The van der Waals surface area contributed by atoms with E-state index >= 15 is 0 Å². The highest BCUT2D eigenvalue weighted by atomic mass is 32.1. The standard InChI is InChI=1S/C19H14F2N4OS/c20-12-4-11(5-13(21)8-12)18-17-14(24-19-22-9-23-25(18)19)6-10(7-15(17)26)16-2-1-3-27-16/h1-5,8-10,18H,6-7H2,(H,22,23,24)/t10-,18+/m1/s1. The molecule has 2 aromatic heterocycles. The molecule has 0 radical (unpaired) electrons. The second-order valence-electron chi connectivity index (χ2n) is 6.69. The highest BCUT2D eigenvalue weighted by molar-refractivity contribution is 7.10. The lowest BCUT2D eigenvalue weighted by atomic mass is 9.80. The molecule has 136 valence electrons. The van der Waals surface area contributed by atoms with Crippen molar-refractivity contribution in [3.05, 3.63) is 75.4 Å². The molecule has 0 amide bonds. The minimum atomic E-state index is -0.694. The molecule has 0 fully saturated rings. The first-order valence-corrected chi connectivity index (χ1v) is 9.40. The minimum Gasteiger partial charge on any atom is -0.328 e. The molecular weight excluding hydrogens is 370 g/mol. The first-order valence-electron chi connectivity index (χ1n) is 8.52. The Kier molecular flexibility index (Phi) is 3.68. The van der Waals surface area contributed by atoms with E-state index in [9.17, 15) is 13.6 Å². The molecule has 27 heavy (non-hydrogen) atoms. The third-order valence-electron chi connectivity index (χ3n) is 5.01. The molecular formula is C19H14F2N4OS. The number of anilines is 1. The van der Waals surface area contributed by atoms with Gasteiger partial charge >= 0.3 is 0 Å². The summed E-state index contributed by atoms with van der Waals surface area (Å²) in [7, 11) is 0. The van der Waals surface area contributed by atoms with E-state index in [-0.39, 0.29) is 11.7 Å². The Morgan fingerprint density at radius 1 is 1.19 bits per heavy atom. The van der Waals surface area contributed by atoms with Crippen molar-refractivity contribution in [3.63, 3.8) is 0 Å². The number of ketones is 1. The molecule has 1 aliphatic carbocycles. The number of fused-ring (bicyclic) bond motifs is 1. The normalized spacial score (nSPS) is 21.6. The van der Waals surface area contributed by atoms with Crippen molar-refractivity contribution in [3.8, 4) is 0 Å². The lowest BCUT2D eigenvalue weighted by Gasteiger charge is -2.34. The molecule has 2 atom stereocenters. The van der Waals surface area contributed by atoms with Gasteiger partial charge < -0.3 is 5.32 Å². The molecule has 3 heterocycles. The van der Waals surface area contributed by atoms with Gasteiger partial charge in [-0.3, -0.25) is 4.79 Å². The van der Waals surface area contributed by atoms with Crippen molar-refractivity contribution in [2.75, 3.05) is 5.32 Å². The molecule has 1 aliphatic heterocycles. The van der Waals surface area contributed by atoms with Crippen LogP contribution in [0.3, 0.4) is 0 Å². The topological polar surface area (TPSA) is 59.8 Å². The number of hydrogen-bond donors (Lipinski definition) is 1. The quantitative estimate of drug-likeness (QED) is 0.725. The van der Waals surface area contributed by atoms with Crippen molar-refractivity contribution in [1.29, 1.82) is 0 Å². The Hall–Kier alpha value is -2.87. The van der Waals surface area contributed by atoms with Crippen LogP contribution < -0.4 is 5.32 Å². The van der Waals surface area contributed by atoms with Crippen molar-refractivity contribution >= 4 is 23.1 Å². The first-order chi connectivity index (χ1) is 13.1. The number of nitrogens with one attached hydrogen (secondary N) is 1. The molecule has 5 nitrogen and oxygen atoms in total. The van der Waals surface area contributed by atoms with Crippen LogP contribution in [-0.4, -0.2) is 20.5 Å². The van der Waals surface area contributed by atoms with E-state index in [0.29, 0.717) is 29.9 Å². The fraction of sp³-hybridized carbons (Fsp3) is 0.211. The SMILES string of the molecule is O=C1C[C@H](c2cccs2)CC2=C1[C@H](c1cc(F)cc(F)c1)n1ncnc1N2. The molecule has 0 saturated heterocycles.